The molecule has 2 N–H and O–H groups in total. The van der Waals surface area contributed by atoms with Crippen LogP contribution >= 0.6 is 0 Å². The Balaban J connectivity index is 1.52. The van der Waals surface area contributed by atoms with E-state index in [4.69, 9.17) is 0 Å². The number of carbonyl (C=O) groups is 2. The quantitative estimate of drug-likeness (QED) is 0.626. The van der Waals surface area contributed by atoms with Crippen molar-refractivity contribution in [2.45, 2.75) is 43.2 Å². The van der Waals surface area contributed by atoms with Gasteiger partial charge in [-0.05, 0) is 55.2 Å². The second-order valence-electron chi connectivity index (χ2n) is 7.31. The highest BCUT2D eigenvalue weighted by molar-refractivity contribution is 7.89. The van der Waals surface area contributed by atoms with Gasteiger partial charge in [0.2, 0.25) is 10.0 Å². The van der Waals surface area contributed by atoms with Crippen LogP contribution in [0.5, 0.6) is 0 Å². The Morgan fingerprint density at radius 1 is 1.10 bits per heavy atom. The molecule has 1 saturated heterocycles. The highest BCUT2D eigenvalue weighted by atomic mass is 32.2. The number of aromatic nitrogens is 1. The van der Waals surface area contributed by atoms with E-state index in [0.717, 1.165) is 30.5 Å². The molecule has 0 unspecified atom stereocenters. The molecule has 31 heavy (non-hydrogen) atoms. The maximum atomic E-state index is 13.2. The van der Waals surface area contributed by atoms with Crippen LogP contribution in [0.25, 0.3) is 0 Å². The van der Waals surface area contributed by atoms with Gasteiger partial charge in [-0.3, -0.25) is 14.6 Å². The number of amides is 2. The first-order valence-electron chi connectivity index (χ1n) is 10.1. The lowest BCUT2D eigenvalue weighted by molar-refractivity contribution is -0.139. The van der Waals surface area contributed by atoms with Crippen molar-refractivity contribution in [3.63, 3.8) is 0 Å². The number of benzene rings is 1. The van der Waals surface area contributed by atoms with Gasteiger partial charge < -0.3 is 10.6 Å². The van der Waals surface area contributed by atoms with Crippen molar-refractivity contribution in [2.75, 3.05) is 13.1 Å². The Labute approximate surface area is 180 Å². The van der Waals surface area contributed by atoms with Crippen molar-refractivity contribution < 1.29 is 22.4 Å². The minimum Gasteiger partial charge on any atom is -0.348 e. The number of carbonyl (C=O) groups excluding carboxylic acids is 2. The van der Waals surface area contributed by atoms with E-state index in [0.29, 0.717) is 19.4 Å². The topological polar surface area (TPSA) is 108 Å². The van der Waals surface area contributed by atoms with E-state index in [1.807, 2.05) is 0 Å². The maximum Gasteiger partial charge on any atom is 0.309 e. The molecule has 1 aromatic heterocycles. The minimum atomic E-state index is -3.77. The number of sulfonamides is 1. The zero-order valence-corrected chi connectivity index (χ0v) is 17.8. The van der Waals surface area contributed by atoms with Crippen LogP contribution in [-0.2, 0) is 26.2 Å². The molecule has 1 aliphatic rings. The van der Waals surface area contributed by atoms with Crippen molar-refractivity contribution in [1.29, 1.82) is 0 Å². The fourth-order valence-electron chi connectivity index (χ4n) is 3.52. The van der Waals surface area contributed by atoms with E-state index < -0.39 is 27.7 Å². The van der Waals surface area contributed by atoms with E-state index in [-0.39, 0.29) is 24.0 Å². The third-order valence-corrected chi connectivity index (χ3v) is 7.10. The van der Waals surface area contributed by atoms with Crippen LogP contribution in [0.1, 0.15) is 31.2 Å². The van der Waals surface area contributed by atoms with Gasteiger partial charge in [-0.1, -0.05) is 12.5 Å². The van der Waals surface area contributed by atoms with Gasteiger partial charge in [-0.2, -0.15) is 4.31 Å². The summed E-state index contributed by atoms with van der Waals surface area (Å²) in [5.74, 6) is -2.03. The summed E-state index contributed by atoms with van der Waals surface area (Å²) in [5, 5.41) is 5.07. The molecule has 1 aromatic carbocycles. The van der Waals surface area contributed by atoms with Crippen molar-refractivity contribution in [1.82, 2.24) is 19.9 Å². The van der Waals surface area contributed by atoms with E-state index in [2.05, 4.69) is 15.6 Å². The van der Waals surface area contributed by atoms with E-state index >= 15 is 0 Å². The summed E-state index contributed by atoms with van der Waals surface area (Å²) in [7, 11) is -3.77. The summed E-state index contributed by atoms with van der Waals surface area (Å²) in [6.07, 6.45) is 5.85. The number of nitrogens with one attached hydrogen (secondary N) is 2. The molecular weight excluding hydrogens is 423 g/mol. The summed E-state index contributed by atoms with van der Waals surface area (Å²) in [4.78, 5) is 28.0. The zero-order chi connectivity index (χ0) is 22.3. The molecule has 1 fully saturated rings. The summed E-state index contributed by atoms with van der Waals surface area (Å²) in [5.41, 5.74) is 0.771. The zero-order valence-electron chi connectivity index (χ0n) is 17.0. The number of pyridine rings is 1. The molecule has 0 spiro atoms. The van der Waals surface area contributed by atoms with Crippen LogP contribution in [0.4, 0.5) is 4.39 Å². The van der Waals surface area contributed by atoms with Gasteiger partial charge in [0, 0.05) is 38.1 Å². The van der Waals surface area contributed by atoms with Crippen molar-refractivity contribution in [2.24, 2.45) is 0 Å². The molecule has 0 bridgehead atoms. The lowest BCUT2D eigenvalue weighted by Crippen LogP contribution is -2.46. The summed E-state index contributed by atoms with van der Waals surface area (Å²) >= 11 is 0. The van der Waals surface area contributed by atoms with Crippen LogP contribution in [0.15, 0.2) is 53.7 Å². The van der Waals surface area contributed by atoms with Gasteiger partial charge in [0.25, 0.3) is 0 Å². The lowest BCUT2D eigenvalue weighted by Gasteiger charge is -2.34. The number of hydrogen-bond donors (Lipinski definition) is 2. The van der Waals surface area contributed by atoms with Crippen LogP contribution < -0.4 is 10.6 Å². The SMILES string of the molecule is O=C(NCC[C@@H]1CCCCN1S(=O)(=O)c1ccc(F)cc1)C(=O)NCc1cccnc1. The molecular formula is C21H25FN4O4S. The van der Waals surface area contributed by atoms with Gasteiger partial charge in [-0.25, -0.2) is 12.8 Å². The molecule has 1 atom stereocenters. The number of piperidine rings is 1. The lowest BCUT2D eigenvalue weighted by atomic mass is 10.0. The van der Waals surface area contributed by atoms with Gasteiger partial charge >= 0.3 is 11.8 Å². The Bertz CT molecular complexity index is 1000. The average molecular weight is 449 g/mol. The Kier molecular flexibility index (Phi) is 7.69. The van der Waals surface area contributed by atoms with Gasteiger partial charge in [-0.15, -0.1) is 0 Å². The summed E-state index contributed by atoms with van der Waals surface area (Å²) < 4.78 is 40.5. The number of nitrogens with zero attached hydrogens (tertiary/aromatic N) is 2. The van der Waals surface area contributed by atoms with E-state index in [1.165, 1.54) is 16.4 Å². The van der Waals surface area contributed by atoms with Crippen molar-refractivity contribution >= 4 is 21.8 Å². The minimum absolute atomic E-state index is 0.0413. The molecule has 1 aliphatic heterocycles. The number of hydrogen-bond acceptors (Lipinski definition) is 5. The Hall–Kier alpha value is -2.85. The third-order valence-electron chi connectivity index (χ3n) is 5.14. The molecule has 166 valence electrons. The van der Waals surface area contributed by atoms with Crippen LogP contribution in [-0.4, -0.2) is 48.7 Å². The molecule has 3 rings (SSSR count). The van der Waals surface area contributed by atoms with E-state index in [1.54, 1.807) is 24.5 Å². The van der Waals surface area contributed by atoms with Gasteiger partial charge in [0.15, 0.2) is 0 Å². The Morgan fingerprint density at radius 3 is 2.55 bits per heavy atom. The fourth-order valence-corrected chi connectivity index (χ4v) is 5.24. The molecule has 8 nitrogen and oxygen atoms in total. The van der Waals surface area contributed by atoms with Gasteiger partial charge in [0.05, 0.1) is 4.90 Å². The van der Waals surface area contributed by atoms with Gasteiger partial charge in [0.1, 0.15) is 5.82 Å². The van der Waals surface area contributed by atoms with Crippen LogP contribution in [0.2, 0.25) is 0 Å². The molecule has 2 aromatic rings. The number of rotatable bonds is 7. The molecule has 10 heteroatoms. The second kappa shape index (κ2) is 10.5. The average Bonchev–Trinajstić information content (AvgIpc) is 2.78. The molecule has 2 amide bonds. The molecule has 2 heterocycles. The first kappa shape index (κ1) is 22.8. The predicted octanol–water partition coefficient (Wildman–Crippen LogP) is 1.59. The monoisotopic (exact) mass is 448 g/mol. The smallest absolute Gasteiger partial charge is 0.309 e. The normalized spacial score (nSPS) is 17.1. The Morgan fingerprint density at radius 2 is 1.84 bits per heavy atom. The highest BCUT2D eigenvalue weighted by Crippen LogP contribution is 2.27. The van der Waals surface area contributed by atoms with Crippen molar-refractivity contribution in [3.8, 4) is 0 Å². The third kappa shape index (κ3) is 6.08. The molecule has 0 aliphatic carbocycles. The van der Waals surface area contributed by atoms with Crippen LogP contribution in [0, 0.1) is 5.82 Å². The number of halogens is 1. The van der Waals surface area contributed by atoms with Crippen molar-refractivity contribution in [3.05, 3.63) is 60.2 Å². The van der Waals surface area contributed by atoms with E-state index in [9.17, 15) is 22.4 Å². The first-order chi connectivity index (χ1) is 14.9. The molecule has 0 radical (unpaired) electrons. The van der Waals surface area contributed by atoms with Crippen LogP contribution in [0.3, 0.4) is 0 Å². The maximum absolute atomic E-state index is 13.2. The second-order valence-corrected chi connectivity index (χ2v) is 9.20. The summed E-state index contributed by atoms with van der Waals surface area (Å²) in [6, 6.07) is 7.96. The summed E-state index contributed by atoms with van der Waals surface area (Å²) in [6.45, 7) is 0.718. The highest BCUT2D eigenvalue weighted by Gasteiger charge is 2.33. The standard InChI is InChI=1S/C21H25FN4O4S/c22-17-6-8-19(9-7-17)31(29,30)26-13-2-1-5-18(26)10-12-24-20(27)21(28)25-15-16-4-3-11-23-14-16/h3-4,6-9,11,14,18H,1-2,5,10,12-13,15H2,(H,24,27)(H,25,28)/t18-/m0/s1. The predicted molar refractivity (Wildman–Crippen MR) is 112 cm³/mol. The fraction of sp³-hybridized carbons (Fsp3) is 0.381. The molecule has 0 saturated carbocycles. The largest absolute Gasteiger partial charge is 0.348 e. The first-order valence-corrected chi connectivity index (χ1v) is 11.5.